The lowest BCUT2D eigenvalue weighted by atomic mass is 9.83. The maximum Gasteiger partial charge on any atom is 0.220 e. The third-order valence-electron chi connectivity index (χ3n) is 7.15. The number of rotatable bonds is 10. The molecule has 1 aromatic rings. The first-order chi connectivity index (χ1) is 17.4. The molecule has 0 aromatic heterocycles. The Bertz CT molecular complexity index is 861. The molecule has 0 heterocycles. The second-order valence-corrected chi connectivity index (χ2v) is 12.3. The Kier molecular flexibility index (Phi) is 15.0. The molecule has 0 spiro atoms. The molecule has 0 radical (unpaired) electrons. The summed E-state index contributed by atoms with van der Waals surface area (Å²) >= 11 is 0. The minimum atomic E-state index is 0.139. The van der Waals surface area contributed by atoms with E-state index in [2.05, 4.69) is 60.6 Å². The van der Waals surface area contributed by atoms with Crippen LogP contribution >= 0.6 is 0 Å². The molecule has 1 aliphatic rings. The fourth-order valence-corrected chi connectivity index (χ4v) is 4.64. The Morgan fingerprint density at radius 3 is 2.43 bits per heavy atom. The molecule has 3 unspecified atom stereocenters. The molecule has 2 rings (SSSR count). The summed E-state index contributed by atoms with van der Waals surface area (Å²) < 4.78 is 11.7. The van der Waals surface area contributed by atoms with Gasteiger partial charge in [-0.25, -0.2) is 4.99 Å². The molecule has 3 atom stereocenters. The standard InChI is InChI=1S/C22H33NO2.C11H22O/c1-5-9-18-11-8-13-21(15-18)25-16-20(6-2)23-22(24-4)19-12-7-10-17(3)14-19;1-8(2)9(3)10(12)7-11(4,5)6/h6-7,10,12,14,18,21H,5,8-9,11,13,15-16H2,1-4H3;8-9H,7H2,1-6H3/b20-6+,23-22?;. The minimum absolute atomic E-state index is 0.139. The number of nitrogens with zero attached hydrogens (tertiary/aromatic N) is 1. The molecule has 0 aliphatic heterocycles. The number of allylic oxidation sites excluding steroid dienone is 1. The summed E-state index contributed by atoms with van der Waals surface area (Å²) in [5.41, 5.74) is 3.27. The lowest BCUT2D eigenvalue weighted by Crippen LogP contribution is -2.23. The lowest BCUT2D eigenvalue weighted by molar-refractivity contribution is -0.125. The maximum atomic E-state index is 11.6. The number of ether oxygens (including phenoxy) is 2. The predicted molar refractivity (Wildman–Crippen MR) is 158 cm³/mol. The van der Waals surface area contributed by atoms with E-state index in [1.807, 2.05) is 32.1 Å². The van der Waals surface area contributed by atoms with Gasteiger partial charge in [-0.3, -0.25) is 4.79 Å². The van der Waals surface area contributed by atoms with Crippen LogP contribution in [0.25, 0.3) is 0 Å². The van der Waals surface area contributed by atoms with E-state index in [0.29, 0.717) is 36.7 Å². The number of ketones is 1. The zero-order valence-corrected chi connectivity index (χ0v) is 25.5. The highest BCUT2D eigenvalue weighted by Crippen LogP contribution is 2.30. The summed E-state index contributed by atoms with van der Waals surface area (Å²) in [7, 11) is 1.67. The number of carbonyl (C=O) groups is 1. The van der Waals surface area contributed by atoms with Gasteiger partial charge in [0.1, 0.15) is 5.78 Å². The van der Waals surface area contributed by atoms with Crippen LogP contribution in [0.2, 0.25) is 0 Å². The Morgan fingerprint density at radius 2 is 1.89 bits per heavy atom. The Labute approximate surface area is 228 Å². The van der Waals surface area contributed by atoms with E-state index >= 15 is 0 Å². The number of methoxy groups -OCH3 is 1. The lowest BCUT2D eigenvalue weighted by Gasteiger charge is -2.29. The van der Waals surface area contributed by atoms with Crippen molar-refractivity contribution in [3.05, 3.63) is 47.2 Å². The van der Waals surface area contributed by atoms with Crippen molar-refractivity contribution in [1.29, 1.82) is 0 Å². The number of aliphatic imine (C=N–C) groups is 1. The van der Waals surface area contributed by atoms with Gasteiger partial charge in [0.15, 0.2) is 0 Å². The van der Waals surface area contributed by atoms with E-state index in [1.165, 1.54) is 44.1 Å². The SMILES string of the molecule is C/C=C(\COC1CCCC(CCC)C1)N=C(OC)c1cccc(C)c1.CC(C)C(C)C(=O)CC(C)(C)C. The van der Waals surface area contributed by atoms with Gasteiger partial charge >= 0.3 is 0 Å². The van der Waals surface area contributed by atoms with Gasteiger partial charge in [-0.1, -0.05) is 97.9 Å². The summed E-state index contributed by atoms with van der Waals surface area (Å²) in [6, 6.07) is 8.22. The van der Waals surface area contributed by atoms with E-state index in [9.17, 15) is 4.79 Å². The van der Waals surface area contributed by atoms with Crippen molar-refractivity contribution in [2.24, 2.45) is 28.2 Å². The molecule has 37 heavy (non-hydrogen) atoms. The molecule has 0 saturated heterocycles. The van der Waals surface area contributed by atoms with Crippen LogP contribution in [0.1, 0.15) is 111 Å². The van der Waals surface area contributed by atoms with Crippen molar-refractivity contribution in [2.75, 3.05) is 13.7 Å². The molecule has 0 amide bonds. The van der Waals surface area contributed by atoms with E-state index in [4.69, 9.17) is 14.5 Å². The van der Waals surface area contributed by atoms with Crippen LogP contribution in [0.4, 0.5) is 0 Å². The Hall–Kier alpha value is -1.94. The molecule has 4 heteroatoms. The van der Waals surface area contributed by atoms with Crippen molar-refractivity contribution >= 4 is 11.7 Å². The molecular formula is C33H55NO3. The predicted octanol–water partition coefficient (Wildman–Crippen LogP) is 8.95. The number of carbonyl (C=O) groups excluding carboxylic acids is 1. The number of hydrogen-bond donors (Lipinski definition) is 0. The fourth-order valence-electron chi connectivity index (χ4n) is 4.64. The van der Waals surface area contributed by atoms with Crippen LogP contribution in [0.3, 0.4) is 0 Å². The molecular weight excluding hydrogens is 458 g/mol. The fraction of sp³-hybridized carbons (Fsp3) is 0.697. The van der Waals surface area contributed by atoms with Crippen LogP contribution in [-0.2, 0) is 14.3 Å². The second kappa shape index (κ2) is 16.8. The van der Waals surface area contributed by atoms with Crippen molar-refractivity contribution < 1.29 is 14.3 Å². The summed E-state index contributed by atoms with van der Waals surface area (Å²) in [6.07, 6.45) is 10.7. The average Bonchev–Trinajstić information content (AvgIpc) is 2.83. The number of Topliss-reactive ketones (excluding diaryl/α,β-unsaturated/α-hetero) is 1. The quantitative estimate of drug-likeness (QED) is 0.232. The molecule has 1 aliphatic carbocycles. The first-order valence-corrected chi connectivity index (χ1v) is 14.4. The van der Waals surface area contributed by atoms with Gasteiger partial charge in [-0.15, -0.1) is 0 Å². The van der Waals surface area contributed by atoms with Gasteiger partial charge in [0.2, 0.25) is 5.90 Å². The van der Waals surface area contributed by atoms with Crippen LogP contribution in [0, 0.1) is 30.1 Å². The molecule has 4 nitrogen and oxygen atoms in total. The molecule has 210 valence electrons. The largest absolute Gasteiger partial charge is 0.481 e. The molecule has 1 aromatic carbocycles. The zero-order chi connectivity index (χ0) is 28.0. The molecule has 1 saturated carbocycles. The Balaban J connectivity index is 0.000000482. The van der Waals surface area contributed by atoms with E-state index in [0.717, 1.165) is 17.2 Å². The summed E-state index contributed by atoms with van der Waals surface area (Å²) in [6.45, 7) is 19.5. The highest BCUT2D eigenvalue weighted by atomic mass is 16.5. The van der Waals surface area contributed by atoms with Gasteiger partial charge in [0, 0.05) is 17.9 Å². The molecule has 0 N–H and O–H groups in total. The van der Waals surface area contributed by atoms with E-state index in [-0.39, 0.29) is 11.3 Å². The third-order valence-corrected chi connectivity index (χ3v) is 7.15. The molecule has 0 bridgehead atoms. The highest BCUT2D eigenvalue weighted by molar-refractivity contribution is 5.94. The second-order valence-electron chi connectivity index (χ2n) is 12.3. The first-order valence-electron chi connectivity index (χ1n) is 14.4. The first kappa shape index (κ1) is 33.1. The van der Waals surface area contributed by atoms with Crippen molar-refractivity contribution in [2.45, 2.75) is 113 Å². The van der Waals surface area contributed by atoms with Gasteiger partial charge in [0.25, 0.3) is 0 Å². The average molecular weight is 514 g/mol. The molecule has 1 fully saturated rings. The number of aryl methyl sites for hydroxylation is 1. The maximum absolute atomic E-state index is 11.6. The van der Waals surface area contributed by atoms with Gasteiger partial charge < -0.3 is 9.47 Å². The normalized spacial score (nSPS) is 19.8. The third kappa shape index (κ3) is 13.4. The van der Waals surface area contributed by atoms with Crippen LogP contribution < -0.4 is 0 Å². The van der Waals surface area contributed by atoms with E-state index < -0.39 is 0 Å². The van der Waals surface area contributed by atoms with Crippen LogP contribution in [0.5, 0.6) is 0 Å². The van der Waals surface area contributed by atoms with E-state index in [1.54, 1.807) is 7.11 Å². The van der Waals surface area contributed by atoms with Gasteiger partial charge in [-0.05, 0) is 56.1 Å². The Morgan fingerprint density at radius 1 is 1.19 bits per heavy atom. The summed E-state index contributed by atoms with van der Waals surface area (Å²) in [4.78, 5) is 16.3. The number of benzene rings is 1. The number of hydrogen-bond acceptors (Lipinski definition) is 4. The van der Waals surface area contributed by atoms with Crippen molar-refractivity contribution in [3.63, 3.8) is 0 Å². The highest BCUT2D eigenvalue weighted by Gasteiger charge is 2.23. The summed E-state index contributed by atoms with van der Waals surface area (Å²) in [5, 5.41) is 0. The minimum Gasteiger partial charge on any atom is -0.481 e. The van der Waals surface area contributed by atoms with Gasteiger partial charge in [0.05, 0.1) is 25.5 Å². The zero-order valence-electron chi connectivity index (χ0n) is 25.5. The topological polar surface area (TPSA) is 47.9 Å². The van der Waals surface area contributed by atoms with Crippen LogP contribution in [-0.4, -0.2) is 31.5 Å². The van der Waals surface area contributed by atoms with Crippen molar-refractivity contribution in [3.8, 4) is 0 Å². The van der Waals surface area contributed by atoms with Gasteiger partial charge in [-0.2, -0.15) is 0 Å². The smallest absolute Gasteiger partial charge is 0.220 e. The summed E-state index contributed by atoms with van der Waals surface area (Å²) in [5.74, 6) is 2.57. The van der Waals surface area contributed by atoms with Crippen molar-refractivity contribution in [1.82, 2.24) is 0 Å². The monoisotopic (exact) mass is 513 g/mol. The van der Waals surface area contributed by atoms with Crippen LogP contribution in [0.15, 0.2) is 41.0 Å².